The molecule has 3 N–H and O–H groups in total. The van der Waals surface area contributed by atoms with Gasteiger partial charge in [-0.25, -0.2) is 0 Å². The Bertz CT molecular complexity index is 1760. The van der Waals surface area contributed by atoms with E-state index in [2.05, 4.69) is 118 Å². The van der Waals surface area contributed by atoms with E-state index in [0.717, 1.165) is 48.6 Å². The first-order valence-electron chi connectivity index (χ1n) is 15.9. The summed E-state index contributed by atoms with van der Waals surface area (Å²) in [6.45, 7) is 3.09. The lowest BCUT2D eigenvalue weighted by molar-refractivity contribution is -0.675. The van der Waals surface area contributed by atoms with Crippen LogP contribution in [0.5, 0.6) is 5.75 Å². The van der Waals surface area contributed by atoms with Gasteiger partial charge in [0, 0.05) is 49.5 Å². The van der Waals surface area contributed by atoms with Crippen molar-refractivity contribution in [2.24, 2.45) is 0 Å². The van der Waals surface area contributed by atoms with Crippen LogP contribution in [-0.4, -0.2) is 56.8 Å². The Hall–Kier alpha value is -4.69. The largest absolute Gasteiger partial charge is 0.496 e. The van der Waals surface area contributed by atoms with Crippen LogP contribution in [0.1, 0.15) is 16.8 Å². The molecule has 47 heavy (non-hydrogen) atoms. The summed E-state index contributed by atoms with van der Waals surface area (Å²) < 4.78 is 13.8. The quantitative estimate of drug-likeness (QED) is 0.130. The van der Waals surface area contributed by atoms with Gasteiger partial charge in [0.2, 0.25) is 11.4 Å². The number of halogens is 1. The predicted molar refractivity (Wildman–Crippen MR) is 188 cm³/mol. The van der Waals surface area contributed by atoms with Crippen LogP contribution in [0.4, 0.5) is 5.69 Å². The Morgan fingerprint density at radius 1 is 0.851 bits per heavy atom. The zero-order valence-corrected chi connectivity index (χ0v) is 27.5. The average Bonchev–Trinajstić information content (AvgIpc) is 3.12. The molecule has 2 heterocycles. The van der Waals surface area contributed by atoms with Crippen molar-refractivity contribution in [3.63, 3.8) is 0 Å². The van der Waals surface area contributed by atoms with Gasteiger partial charge in [-0.15, -0.1) is 0 Å². The topological polar surface area (TPSA) is 80.7 Å². The number of piperidine rings is 1. The van der Waals surface area contributed by atoms with Gasteiger partial charge in [0.1, 0.15) is 5.75 Å². The predicted octanol–water partition coefficient (Wildman–Crippen LogP) is 6.74. The molecule has 0 saturated carbocycles. The molecule has 1 saturated heterocycles. The number of ether oxygens (including phenoxy) is 2. The first-order chi connectivity index (χ1) is 22.9. The van der Waals surface area contributed by atoms with E-state index in [1.807, 2.05) is 0 Å². The van der Waals surface area contributed by atoms with E-state index in [9.17, 15) is 4.79 Å². The number of likely N-dealkylation sites (tertiary alicyclic amines) is 1. The Balaban J connectivity index is 1.26. The summed E-state index contributed by atoms with van der Waals surface area (Å²) in [7, 11) is 3.21. The highest BCUT2D eigenvalue weighted by molar-refractivity contribution is 6.33. The molecule has 6 rings (SSSR count). The first kappa shape index (κ1) is 32.3. The number of pyridine rings is 1. The van der Waals surface area contributed by atoms with Gasteiger partial charge in [0.15, 0.2) is 6.54 Å². The van der Waals surface area contributed by atoms with Crippen LogP contribution in [-0.2, 0) is 11.3 Å². The van der Waals surface area contributed by atoms with Gasteiger partial charge in [-0.1, -0.05) is 78.3 Å². The summed E-state index contributed by atoms with van der Waals surface area (Å²) in [6.07, 6.45) is 0.555. The van der Waals surface area contributed by atoms with Crippen molar-refractivity contribution >= 4 is 23.2 Å². The number of carbonyl (C=O) groups is 1. The second-order valence-corrected chi connectivity index (χ2v) is 12.2. The van der Waals surface area contributed by atoms with Gasteiger partial charge in [0.25, 0.3) is 5.91 Å². The van der Waals surface area contributed by atoms with Gasteiger partial charge < -0.3 is 20.5 Å². The third-order valence-corrected chi connectivity index (χ3v) is 9.21. The lowest BCUT2D eigenvalue weighted by Gasteiger charge is -2.37. The van der Waals surface area contributed by atoms with Crippen LogP contribution in [0.3, 0.4) is 0 Å². The molecule has 4 aromatic carbocycles. The third kappa shape index (κ3) is 7.33. The number of carbonyl (C=O) groups excluding carboxylic acids is 1. The molecule has 5 aromatic rings. The van der Waals surface area contributed by atoms with Gasteiger partial charge in [-0.2, -0.15) is 4.57 Å². The summed E-state index contributed by atoms with van der Waals surface area (Å²) in [4.78, 5) is 15.7. The zero-order valence-electron chi connectivity index (χ0n) is 26.7. The zero-order chi connectivity index (χ0) is 32.8. The number of nitrogens with two attached hydrogens (primary N) is 1. The smallest absolute Gasteiger partial charge is 0.255 e. The molecule has 1 aromatic heterocycles. The summed E-state index contributed by atoms with van der Waals surface area (Å²) in [5.74, 6) is 0.118. The fraction of sp³-hybridized carbons (Fsp3) is 0.231. The van der Waals surface area contributed by atoms with E-state index in [4.69, 9.17) is 26.8 Å². The number of methoxy groups -OCH3 is 2. The molecule has 7 nitrogen and oxygen atoms in total. The standard InChI is InChI=1S/C39H39ClN4O3/c1-46-37-25-33(41)32(40)24-31(37)39(45)42-34-18-19-43(26-38(34)47-2)20-21-44-35(28-14-8-4-9-15-28)22-30(27-12-6-3-7-13-27)23-36(44)29-16-10-5-11-17-29/h3-17,22-25,34,38H,18-21,26H2,1-2H3,(H2-,41,42,45)/p+1/t34-,38+/m1/s1. The summed E-state index contributed by atoms with van der Waals surface area (Å²) in [5, 5.41) is 3.47. The van der Waals surface area contributed by atoms with Crippen molar-refractivity contribution in [2.75, 3.05) is 39.6 Å². The number of nitrogen functional groups attached to an aromatic ring is 1. The second kappa shape index (κ2) is 14.8. The maximum Gasteiger partial charge on any atom is 0.255 e. The van der Waals surface area contributed by atoms with Crippen LogP contribution in [0.2, 0.25) is 5.02 Å². The van der Waals surface area contributed by atoms with Crippen LogP contribution >= 0.6 is 11.6 Å². The minimum Gasteiger partial charge on any atom is -0.496 e. The molecule has 8 heteroatoms. The number of hydrogen-bond acceptors (Lipinski definition) is 5. The number of anilines is 1. The Kier molecular flexibility index (Phi) is 10.2. The Morgan fingerprint density at radius 3 is 1.98 bits per heavy atom. The monoisotopic (exact) mass is 647 g/mol. The highest BCUT2D eigenvalue weighted by Crippen LogP contribution is 2.31. The molecule has 2 atom stereocenters. The van der Waals surface area contributed by atoms with E-state index in [1.165, 1.54) is 18.2 Å². The summed E-state index contributed by atoms with van der Waals surface area (Å²) in [5.41, 5.74) is 13.6. The molecule has 1 aliphatic rings. The molecule has 1 aliphatic heterocycles. The van der Waals surface area contributed by atoms with Gasteiger partial charge in [-0.3, -0.25) is 9.69 Å². The van der Waals surface area contributed by atoms with Crippen molar-refractivity contribution in [1.29, 1.82) is 0 Å². The van der Waals surface area contributed by atoms with Crippen LogP contribution in [0.15, 0.2) is 115 Å². The van der Waals surface area contributed by atoms with E-state index < -0.39 is 0 Å². The van der Waals surface area contributed by atoms with Crippen molar-refractivity contribution in [2.45, 2.75) is 25.1 Å². The fourth-order valence-electron chi connectivity index (χ4n) is 6.35. The maximum absolute atomic E-state index is 13.3. The lowest BCUT2D eigenvalue weighted by atomic mass is 9.98. The Morgan fingerprint density at radius 2 is 1.43 bits per heavy atom. The maximum atomic E-state index is 13.3. The number of nitrogens with zero attached hydrogens (tertiary/aromatic N) is 2. The van der Waals surface area contributed by atoms with E-state index in [1.54, 1.807) is 19.2 Å². The van der Waals surface area contributed by atoms with Crippen LogP contribution in [0, 0.1) is 0 Å². The molecule has 1 fully saturated rings. The molecule has 0 bridgehead atoms. The fourth-order valence-corrected chi connectivity index (χ4v) is 6.51. The molecular formula is C39H40ClN4O3+. The minimum atomic E-state index is -0.265. The third-order valence-electron chi connectivity index (χ3n) is 8.88. The highest BCUT2D eigenvalue weighted by Gasteiger charge is 2.32. The number of hydrogen-bond donors (Lipinski definition) is 2. The van der Waals surface area contributed by atoms with Crippen LogP contribution in [0.25, 0.3) is 33.6 Å². The number of benzene rings is 4. The number of rotatable bonds is 10. The van der Waals surface area contributed by atoms with Crippen LogP contribution < -0.4 is 20.4 Å². The molecule has 0 spiro atoms. The molecule has 0 unspecified atom stereocenters. The summed E-state index contributed by atoms with van der Waals surface area (Å²) >= 11 is 6.24. The first-order valence-corrected chi connectivity index (χ1v) is 16.3. The van der Waals surface area contributed by atoms with Gasteiger partial charge in [-0.05, 0) is 47.9 Å². The Labute approximate surface area is 281 Å². The SMILES string of the molecule is COc1cc(N)c(Cl)cc1C(=O)N[C@@H]1CCN(CC[n+]2c(-c3ccccc3)cc(-c3ccccc3)cc2-c2ccccc2)C[C@@H]1OC. The highest BCUT2D eigenvalue weighted by atomic mass is 35.5. The van der Waals surface area contributed by atoms with Crippen molar-refractivity contribution in [1.82, 2.24) is 10.2 Å². The second-order valence-electron chi connectivity index (χ2n) is 11.8. The van der Waals surface area contributed by atoms with Crippen molar-refractivity contribution in [3.8, 4) is 39.4 Å². The molecule has 0 radical (unpaired) electrons. The molecule has 240 valence electrons. The van der Waals surface area contributed by atoms with Crippen molar-refractivity contribution in [3.05, 3.63) is 126 Å². The normalized spacial score (nSPS) is 16.5. The average molecular weight is 648 g/mol. The number of nitrogens with one attached hydrogen (secondary N) is 1. The minimum absolute atomic E-state index is 0.164. The van der Waals surface area contributed by atoms with Crippen molar-refractivity contribution < 1.29 is 18.8 Å². The molecule has 0 aliphatic carbocycles. The van der Waals surface area contributed by atoms with Gasteiger partial charge in [0.05, 0.1) is 42.1 Å². The van der Waals surface area contributed by atoms with E-state index >= 15 is 0 Å². The van der Waals surface area contributed by atoms with E-state index in [0.29, 0.717) is 28.6 Å². The number of amides is 1. The molecular weight excluding hydrogens is 608 g/mol. The van der Waals surface area contributed by atoms with Gasteiger partial charge >= 0.3 is 0 Å². The van der Waals surface area contributed by atoms with E-state index in [-0.39, 0.29) is 18.1 Å². The summed E-state index contributed by atoms with van der Waals surface area (Å²) in [6, 6.07) is 39.3. The number of aromatic nitrogens is 1. The lowest BCUT2D eigenvalue weighted by Crippen LogP contribution is -2.56. The molecule has 1 amide bonds.